The van der Waals surface area contributed by atoms with Gasteiger partial charge in [-0.15, -0.1) is 0 Å². The van der Waals surface area contributed by atoms with Crippen molar-refractivity contribution >= 4 is 11.8 Å². The number of aromatic carboxylic acids is 1. The number of hydrogen-bond donors (Lipinski definition) is 2. The maximum Gasteiger partial charge on any atom is 0.335 e. The van der Waals surface area contributed by atoms with Gasteiger partial charge in [0.1, 0.15) is 18.1 Å². The van der Waals surface area contributed by atoms with E-state index in [2.05, 4.69) is 0 Å². The molecule has 0 aliphatic carbocycles. The number of carbonyl (C=O) groups is 2. The Kier molecular flexibility index (Phi) is 6.68. The lowest BCUT2D eigenvalue weighted by molar-refractivity contribution is 0.0696. The van der Waals surface area contributed by atoms with Crippen LogP contribution in [0.4, 0.5) is 0 Å². The van der Waals surface area contributed by atoms with Crippen LogP contribution in [-0.4, -0.2) is 22.0 Å². The van der Waals surface area contributed by atoms with Crippen molar-refractivity contribution in [2.75, 3.05) is 0 Å². The van der Waals surface area contributed by atoms with Crippen molar-refractivity contribution in [3.8, 4) is 22.6 Å². The normalized spacial score (nSPS) is 11.2. The van der Waals surface area contributed by atoms with Crippen molar-refractivity contribution in [2.24, 2.45) is 5.41 Å². The molecule has 0 aliphatic heterocycles. The second kappa shape index (κ2) is 9.27. The van der Waals surface area contributed by atoms with Crippen LogP contribution in [0.2, 0.25) is 0 Å². The zero-order valence-corrected chi connectivity index (χ0v) is 18.8. The largest absolute Gasteiger partial charge is 0.507 e. The molecule has 0 fully saturated rings. The van der Waals surface area contributed by atoms with Gasteiger partial charge in [-0.2, -0.15) is 0 Å². The Morgan fingerprint density at radius 3 is 2.25 bits per heavy atom. The van der Waals surface area contributed by atoms with Gasteiger partial charge in [0.05, 0.1) is 11.1 Å². The van der Waals surface area contributed by atoms with E-state index >= 15 is 0 Å². The van der Waals surface area contributed by atoms with Crippen molar-refractivity contribution in [1.29, 1.82) is 0 Å². The lowest BCUT2D eigenvalue weighted by Gasteiger charge is -2.18. The number of carboxylic acids is 1. The number of phenolic OH excluding ortho intramolecular Hbond substituents is 1. The first kappa shape index (κ1) is 23.1. The summed E-state index contributed by atoms with van der Waals surface area (Å²) in [6.07, 6.45) is 0.348. The molecule has 0 atom stereocenters. The third-order valence-electron chi connectivity index (χ3n) is 5.16. The smallest absolute Gasteiger partial charge is 0.335 e. The van der Waals surface area contributed by atoms with E-state index in [-0.39, 0.29) is 29.1 Å². The van der Waals surface area contributed by atoms with E-state index in [1.807, 2.05) is 45.0 Å². The number of phenols is 1. The Morgan fingerprint density at radius 2 is 1.62 bits per heavy atom. The highest BCUT2D eigenvalue weighted by Crippen LogP contribution is 2.33. The van der Waals surface area contributed by atoms with E-state index in [4.69, 9.17) is 9.84 Å². The highest BCUT2D eigenvalue weighted by Gasteiger charge is 2.21. The number of Topliss-reactive ketones (excluding diaryl/α,β-unsaturated/α-hetero) is 1. The number of aromatic hydroxyl groups is 1. The fourth-order valence-electron chi connectivity index (χ4n) is 3.45. The lowest BCUT2D eigenvalue weighted by Crippen LogP contribution is -2.13. The van der Waals surface area contributed by atoms with Gasteiger partial charge in [-0.1, -0.05) is 51.1 Å². The summed E-state index contributed by atoms with van der Waals surface area (Å²) >= 11 is 0. The van der Waals surface area contributed by atoms with E-state index in [1.54, 1.807) is 43.3 Å². The van der Waals surface area contributed by atoms with E-state index < -0.39 is 5.97 Å². The first-order chi connectivity index (χ1) is 15.0. The van der Waals surface area contributed by atoms with Crippen molar-refractivity contribution < 1.29 is 24.5 Å². The van der Waals surface area contributed by atoms with Crippen LogP contribution in [-0.2, 0) is 6.61 Å². The van der Waals surface area contributed by atoms with Crippen LogP contribution < -0.4 is 4.74 Å². The third kappa shape index (κ3) is 5.55. The second-order valence-corrected chi connectivity index (χ2v) is 9.12. The van der Waals surface area contributed by atoms with Crippen molar-refractivity contribution in [1.82, 2.24) is 0 Å². The molecule has 0 unspecified atom stereocenters. The molecule has 0 saturated carbocycles. The van der Waals surface area contributed by atoms with E-state index in [0.717, 1.165) is 16.7 Å². The van der Waals surface area contributed by atoms with Crippen LogP contribution in [0.5, 0.6) is 11.5 Å². The van der Waals surface area contributed by atoms with Gasteiger partial charge in [0, 0.05) is 12.0 Å². The monoisotopic (exact) mass is 432 g/mol. The standard InChI is InChI=1S/C27H28O5/c1-17-24(13-12-22(25(17)29)23(28)15-27(2,3)4)32-16-18-6-5-7-21(14-18)19-8-10-20(11-9-19)26(30)31/h5-14,29H,15-16H2,1-4H3,(H,30,31). The molecule has 32 heavy (non-hydrogen) atoms. The van der Waals surface area contributed by atoms with Gasteiger partial charge in [-0.3, -0.25) is 4.79 Å². The molecule has 3 rings (SSSR count). The summed E-state index contributed by atoms with van der Waals surface area (Å²) in [5, 5.41) is 19.6. The van der Waals surface area contributed by atoms with E-state index in [9.17, 15) is 14.7 Å². The Bertz CT molecular complexity index is 1140. The van der Waals surface area contributed by atoms with Crippen LogP contribution in [0.25, 0.3) is 11.1 Å². The molecule has 5 heteroatoms. The second-order valence-electron chi connectivity index (χ2n) is 9.12. The third-order valence-corrected chi connectivity index (χ3v) is 5.16. The van der Waals surface area contributed by atoms with Gasteiger partial charge in [0.25, 0.3) is 0 Å². The number of rotatable bonds is 7. The molecule has 0 aromatic heterocycles. The minimum Gasteiger partial charge on any atom is -0.507 e. The summed E-state index contributed by atoms with van der Waals surface area (Å²) in [6, 6.07) is 17.8. The maximum absolute atomic E-state index is 12.5. The highest BCUT2D eigenvalue weighted by molar-refractivity contribution is 5.99. The molecule has 0 spiro atoms. The van der Waals surface area contributed by atoms with Crippen LogP contribution in [0.3, 0.4) is 0 Å². The van der Waals surface area contributed by atoms with Crippen LogP contribution in [0, 0.1) is 12.3 Å². The quantitative estimate of drug-likeness (QED) is 0.430. The Labute approximate surface area is 188 Å². The molecule has 166 valence electrons. The van der Waals surface area contributed by atoms with Gasteiger partial charge in [0.2, 0.25) is 0 Å². The fraction of sp³-hybridized carbons (Fsp3) is 0.259. The highest BCUT2D eigenvalue weighted by atomic mass is 16.5. The van der Waals surface area contributed by atoms with Gasteiger partial charge >= 0.3 is 5.97 Å². The summed E-state index contributed by atoms with van der Waals surface area (Å²) in [6.45, 7) is 7.98. The zero-order valence-electron chi connectivity index (χ0n) is 18.8. The fourth-order valence-corrected chi connectivity index (χ4v) is 3.45. The SMILES string of the molecule is Cc1c(OCc2cccc(-c3ccc(C(=O)O)cc3)c2)ccc(C(=O)CC(C)(C)C)c1O. The van der Waals surface area contributed by atoms with Gasteiger partial charge < -0.3 is 14.9 Å². The van der Waals surface area contributed by atoms with E-state index in [1.165, 1.54) is 0 Å². The van der Waals surface area contributed by atoms with Crippen LogP contribution in [0.1, 0.15) is 59.0 Å². The molecule has 0 amide bonds. The summed E-state index contributed by atoms with van der Waals surface area (Å²) in [5.74, 6) is -0.565. The molecular formula is C27H28O5. The molecule has 5 nitrogen and oxygen atoms in total. The Hall–Kier alpha value is -3.60. The Morgan fingerprint density at radius 1 is 0.938 bits per heavy atom. The van der Waals surface area contributed by atoms with Crippen LogP contribution in [0.15, 0.2) is 60.7 Å². The molecule has 3 aromatic carbocycles. The first-order valence-corrected chi connectivity index (χ1v) is 10.5. The molecule has 0 aliphatic rings. The average Bonchev–Trinajstić information content (AvgIpc) is 2.73. The summed E-state index contributed by atoms with van der Waals surface area (Å²) < 4.78 is 5.93. The molecule has 0 bridgehead atoms. The van der Waals surface area contributed by atoms with Gasteiger partial charge in [-0.05, 0) is 59.4 Å². The number of hydrogen-bond acceptors (Lipinski definition) is 4. The van der Waals surface area contributed by atoms with Crippen molar-refractivity contribution in [2.45, 2.75) is 40.7 Å². The minimum atomic E-state index is -0.955. The van der Waals surface area contributed by atoms with Crippen molar-refractivity contribution in [3.63, 3.8) is 0 Å². The maximum atomic E-state index is 12.5. The lowest BCUT2D eigenvalue weighted by atomic mass is 9.87. The van der Waals surface area contributed by atoms with Gasteiger partial charge in [-0.25, -0.2) is 4.79 Å². The summed E-state index contributed by atoms with van der Waals surface area (Å²) in [7, 11) is 0. The number of carbonyl (C=O) groups excluding carboxylic acids is 1. The Balaban J connectivity index is 1.74. The van der Waals surface area contributed by atoms with Crippen LogP contribution >= 0.6 is 0 Å². The molecule has 2 N–H and O–H groups in total. The first-order valence-electron chi connectivity index (χ1n) is 10.5. The summed E-state index contributed by atoms with van der Waals surface area (Å²) in [4.78, 5) is 23.6. The molecule has 0 saturated heterocycles. The van der Waals surface area contributed by atoms with E-state index in [0.29, 0.717) is 23.3 Å². The topological polar surface area (TPSA) is 83.8 Å². The number of benzene rings is 3. The zero-order chi connectivity index (χ0) is 23.5. The summed E-state index contributed by atoms with van der Waals surface area (Å²) in [5.41, 5.74) is 3.72. The molecular weight excluding hydrogens is 404 g/mol. The minimum absolute atomic E-state index is 0.0379. The average molecular weight is 433 g/mol. The number of ketones is 1. The molecule has 0 heterocycles. The predicted octanol–water partition coefficient (Wildman–Crippen LogP) is 6.26. The number of ether oxygens (including phenoxy) is 1. The number of carboxylic acid groups (broad SMARTS) is 1. The van der Waals surface area contributed by atoms with Gasteiger partial charge in [0.15, 0.2) is 5.78 Å². The predicted molar refractivity (Wildman–Crippen MR) is 124 cm³/mol. The molecule has 3 aromatic rings. The van der Waals surface area contributed by atoms with Crippen molar-refractivity contribution in [3.05, 3.63) is 82.9 Å². The molecule has 0 radical (unpaired) electrons.